The molecule has 28 heavy (non-hydrogen) atoms. The molecular weight excluding hydrogens is 363 g/mol. The lowest BCUT2D eigenvalue weighted by atomic mass is 10.0. The molecule has 7 heteroatoms. The highest BCUT2D eigenvalue weighted by atomic mass is 19.1. The minimum absolute atomic E-state index is 0.0744. The van der Waals surface area contributed by atoms with Crippen LogP contribution in [-0.2, 0) is 11.2 Å². The lowest BCUT2D eigenvalue weighted by Crippen LogP contribution is -2.22. The van der Waals surface area contributed by atoms with Crippen LogP contribution in [0.2, 0.25) is 0 Å². The molecule has 0 radical (unpaired) electrons. The van der Waals surface area contributed by atoms with E-state index < -0.39 is 5.97 Å². The third kappa shape index (κ3) is 4.70. The Morgan fingerprint density at radius 2 is 1.89 bits per heavy atom. The number of aryl methyl sites for hydroxylation is 1. The van der Waals surface area contributed by atoms with E-state index in [-0.39, 0.29) is 23.7 Å². The molecule has 0 bridgehead atoms. The highest BCUT2D eigenvalue weighted by molar-refractivity contribution is 5.87. The quantitative estimate of drug-likeness (QED) is 0.526. The SMILES string of the molecule is Cc1cc(C(=O)[O-])ccc1-c1ccc(/C=N/NC(=O)Cc2ccc(F)cc2)o1. The summed E-state index contributed by atoms with van der Waals surface area (Å²) in [7, 11) is 0. The summed E-state index contributed by atoms with van der Waals surface area (Å²) in [6.07, 6.45) is 1.43. The number of carboxylic acid groups (broad SMARTS) is 1. The molecule has 0 unspecified atom stereocenters. The van der Waals surface area contributed by atoms with Gasteiger partial charge in [-0.3, -0.25) is 4.79 Å². The van der Waals surface area contributed by atoms with Crippen molar-refractivity contribution in [2.75, 3.05) is 0 Å². The van der Waals surface area contributed by atoms with Crippen LogP contribution < -0.4 is 10.5 Å². The summed E-state index contributed by atoms with van der Waals surface area (Å²) in [5.41, 5.74) is 4.62. The fourth-order valence-corrected chi connectivity index (χ4v) is 2.63. The first-order chi connectivity index (χ1) is 13.4. The Balaban J connectivity index is 1.62. The summed E-state index contributed by atoms with van der Waals surface area (Å²) in [6.45, 7) is 1.77. The summed E-state index contributed by atoms with van der Waals surface area (Å²) in [6, 6.07) is 13.6. The summed E-state index contributed by atoms with van der Waals surface area (Å²) in [5.74, 6) is -0.983. The van der Waals surface area contributed by atoms with Crippen LogP contribution in [0.1, 0.15) is 27.2 Å². The molecule has 3 aromatic rings. The maximum atomic E-state index is 12.9. The minimum atomic E-state index is -1.24. The maximum absolute atomic E-state index is 12.9. The van der Waals surface area contributed by atoms with Crippen LogP contribution in [0.3, 0.4) is 0 Å². The van der Waals surface area contributed by atoms with Gasteiger partial charge < -0.3 is 14.3 Å². The second kappa shape index (κ2) is 8.30. The minimum Gasteiger partial charge on any atom is -0.545 e. The molecule has 1 N–H and O–H groups in total. The van der Waals surface area contributed by atoms with Gasteiger partial charge in [0, 0.05) is 5.56 Å². The van der Waals surface area contributed by atoms with Gasteiger partial charge in [0.1, 0.15) is 17.3 Å². The number of furan rings is 1. The average molecular weight is 379 g/mol. The Hall–Kier alpha value is -3.74. The molecule has 0 aliphatic carbocycles. The Labute approximate surface area is 160 Å². The number of hydrogen-bond donors (Lipinski definition) is 1. The van der Waals surface area contributed by atoms with E-state index in [0.29, 0.717) is 17.1 Å². The molecule has 6 nitrogen and oxygen atoms in total. The van der Waals surface area contributed by atoms with E-state index in [0.717, 1.165) is 11.1 Å². The van der Waals surface area contributed by atoms with Crippen LogP contribution in [0.5, 0.6) is 0 Å². The van der Waals surface area contributed by atoms with Crippen molar-refractivity contribution >= 4 is 18.1 Å². The zero-order valence-electron chi connectivity index (χ0n) is 14.9. The van der Waals surface area contributed by atoms with Gasteiger partial charge in [-0.1, -0.05) is 24.3 Å². The first kappa shape index (κ1) is 19.0. The van der Waals surface area contributed by atoms with E-state index in [2.05, 4.69) is 10.5 Å². The van der Waals surface area contributed by atoms with Crippen LogP contribution in [-0.4, -0.2) is 18.1 Å². The number of carboxylic acids is 1. The van der Waals surface area contributed by atoms with E-state index in [1.54, 1.807) is 25.1 Å². The summed E-state index contributed by atoms with van der Waals surface area (Å²) >= 11 is 0. The van der Waals surface area contributed by atoms with Crippen LogP contribution in [0.4, 0.5) is 4.39 Å². The standard InChI is InChI=1S/C21H17FN2O4/c1-13-10-15(21(26)27)4-8-18(13)19-9-7-17(28-19)12-23-24-20(25)11-14-2-5-16(22)6-3-14/h2-10,12H,11H2,1H3,(H,24,25)(H,26,27)/p-1/b23-12+. The molecule has 0 saturated heterocycles. The zero-order valence-corrected chi connectivity index (χ0v) is 14.9. The van der Waals surface area contributed by atoms with Crippen LogP contribution in [0.15, 0.2) is 64.1 Å². The van der Waals surface area contributed by atoms with Crippen LogP contribution in [0, 0.1) is 12.7 Å². The predicted molar refractivity (Wildman–Crippen MR) is 99.1 cm³/mol. The van der Waals surface area contributed by atoms with Crippen molar-refractivity contribution in [3.63, 3.8) is 0 Å². The first-order valence-corrected chi connectivity index (χ1v) is 8.41. The van der Waals surface area contributed by atoms with Crippen molar-refractivity contribution in [3.05, 3.63) is 82.9 Å². The van der Waals surface area contributed by atoms with Gasteiger partial charge in [0.2, 0.25) is 5.91 Å². The predicted octanol–water partition coefficient (Wildman–Crippen LogP) is 2.45. The lowest BCUT2D eigenvalue weighted by molar-refractivity contribution is -0.255. The molecule has 2 aromatic carbocycles. The smallest absolute Gasteiger partial charge is 0.244 e. The van der Waals surface area contributed by atoms with Gasteiger partial charge in [0.25, 0.3) is 0 Å². The molecule has 0 fully saturated rings. The largest absolute Gasteiger partial charge is 0.545 e. The van der Waals surface area contributed by atoms with Gasteiger partial charge in [-0.15, -0.1) is 0 Å². The van der Waals surface area contributed by atoms with E-state index in [4.69, 9.17) is 4.42 Å². The molecule has 0 atom stereocenters. The lowest BCUT2D eigenvalue weighted by Gasteiger charge is -2.07. The van der Waals surface area contributed by atoms with Gasteiger partial charge in [-0.25, -0.2) is 9.82 Å². The Morgan fingerprint density at radius 3 is 2.57 bits per heavy atom. The molecule has 0 aliphatic heterocycles. The number of benzene rings is 2. The molecule has 0 saturated carbocycles. The number of nitrogens with zero attached hydrogens (tertiary/aromatic N) is 1. The number of halogens is 1. The average Bonchev–Trinajstić information content (AvgIpc) is 3.12. The number of aromatic carboxylic acids is 1. The van der Waals surface area contributed by atoms with Gasteiger partial charge in [-0.05, 0) is 53.9 Å². The van der Waals surface area contributed by atoms with Crippen molar-refractivity contribution in [1.82, 2.24) is 5.43 Å². The molecule has 142 valence electrons. The fourth-order valence-electron chi connectivity index (χ4n) is 2.63. The number of carbonyl (C=O) groups excluding carboxylic acids is 2. The highest BCUT2D eigenvalue weighted by Gasteiger charge is 2.08. The van der Waals surface area contributed by atoms with Crippen molar-refractivity contribution in [2.24, 2.45) is 5.10 Å². The number of hydrazone groups is 1. The molecular formula is C21H16FN2O4-. The number of hydrogen-bond acceptors (Lipinski definition) is 5. The normalized spacial score (nSPS) is 10.9. The number of amides is 1. The summed E-state index contributed by atoms with van der Waals surface area (Å²) < 4.78 is 18.5. The monoisotopic (exact) mass is 379 g/mol. The van der Waals surface area contributed by atoms with E-state index in [1.165, 1.54) is 42.6 Å². The van der Waals surface area contributed by atoms with Crippen molar-refractivity contribution in [1.29, 1.82) is 0 Å². The first-order valence-electron chi connectivity index (χ1n) is 8.41. The van der Waals surface area contributed by atoms with E-state index in [1.807, 2.05) is 0 Å². The third-order valence-corrected chi connectivity index (χ3v) is 4.01. The van der Waals surface area contributed by atoms with Gasteiger partial charge >= 0.3 is 0 Å². The molecule has 3 rings (SSSR count). The van der Waals surface area contributed by atoms with E-state index >= 15 is 0 Å². The zero-order chi connectivity index (χ0) is 20.1. The topological polar surface area (TPSA) is 94.7 Å². The van der Waals surface area contributed by atoms with Gasteiger partial charge in [0.05, 0.1) is 18.6 Å². The third-order valence-electron chi connectivity index (χ3n) is 4.01. The molecule has 1 amide bonds. The van der Waals surface area contributed by atoms with Crippen molar-refractivity contribution in [3.8, 4) is 11.3 Å². The van der Waals surface area contributed by atoms with Crippen LogP contribution >= 0.6 is 0 Å². The summed E-state index contributed by atoms with van der Waals surface area (Å²) in [5, 5.41) is 14.7. The second-order valence-electron chi connectivity index (χ2n) is 6.12. The Kier molecular flexibility index (Phi) is 5.64. The molecule has 1 aromatic heterocycles. The molecule has 1 heterocycles. The highest BCUT2D eigenvalue weighted by Crippen LogP contribution is 2.25. The molecule has 0 spiro atoms. The van der Waals surface area contributed by atoms with Crippen LogP contribution in [0.25, 0.3) is 11.3 Å². The number of rotatable bonds is 6. The Morgan fingerprint density at radius 1 is 1.14 bits per heavy atom. The fraction of sp³-hybridized carbons (Fsp3) is 0.0952. The number of carbonyl (C=O) groups is 2. The summed E-state index contributed by atoms with van der Waals surface area (Å²) in [4.78, 5) is 22.7. The Bertz CT molecular complexity index is 1040. The second-order valence-corrected chi connectivity index (χ2v) is 6.12. The van der Waals surface area contributed by atoms with E-state index in [9.17, 15) is 19.1 Å². The van der Waals surface area contributed by atoms with Crippen molar-refractivity contribution < 1.29 is 23.5 Å². The van der Waals surface area contributed by atoms with Gasteiger partial charge in [-0.2, -0.15) is 5.10 Å². The number of nitrogens with one attached hydrogen (secondary N) is 1. The molecule has 0 aliphatic rings. The van der Waals surface area contributed by atoms with Crippen molar-refractivity contribution in [2.45, 2.75) is 13.3 Å². The maximum Gasteiger partial charge on any atom is 0.244 e. The van der Waals surface area contributed by atoms with Gasteiger partial charge in [0.15, 0.2) is 0 Å².